The van der Waals surface area contributed by atoms with Gasteiger partial charge in [-0.3, -0.25) is 9.59 Å². The number of carbonyl (C=O) groups is 2. The molecule has 0 aliphatic carbocycles. The average Bonchev–Trinajstić information content (AvgIpc) is 2.93. The maximum Gasteiger partial charge on any atom is 0.223 e. The van der Waals surface area contributed by atoms with E-state index in [4.69, 9.17) is 0 Å². The van der Waals surface area contributed by atoms with E-state index < -0.39 is 0 Å². The van der Waals surface area contributed by atoms with Crippen LogP contribution >= 0.6 is 0 Å². The number of nitrogens with one attached hydrogen (secondary N) is 1. The van der Waals surface area contributed by atoms with Crippen molar-refractivity contribution < 1.29 is 9.59 Å². The zero-order valence-corrected chi connectivity index (χ0v) is 22.9. The van der Waals surface area contributed by atoms with Gasteiger partial charge in [-0.2, -0.15) is 0 Å². The maximum absolute atomic E-state index is 12.7. The fraction of sp³-hybridized carbons (Fsp3) is 0.742. The van der Waals surface area contributed by atoms with Gasteiger partial charge in [-0.1, -0.05) is 88.6 Å². The van der Waals surface area contributed by atoms with Gasteiger partial charge in [0, 0.05) is 38.0 Å². The minimum absolute atomic E-state index is 0.148. The molecule has 2 aliphatic rings. The standard InChI is InChI=1S/C31H51N3O2/c1-2-3-4-5-6-7-8-9-13-16-30(35)34-25-20-29(21-26-34)33-23-18-28(19-24-33)31(36)32-22-17-27-14-11-10-12-15-27/h10-12,14-15,28-29H,2-9,13,16-26H2,1H3,(H,32,36). The van der Waals surface area contributed by atoms with Crippen molar-refractivity contribution in [3.05, 3.63) is 35.9 Å². The Kier molecular flexibility index (Phi) is 13.4. The number of likely N-dealkylation sites (tertiary alicyclic amines) is 2. The van der Waals surface area contributed by atoms with Crippen LogP contribution in [0.3, 0.4) is 0 Å². The lowest BCUT2D eigenvalue weighted by Gasteiger charge is -2.41. The fourth-order valence-electron chi connectivity index (χ4n) is 5.87. The van der Waals surface area contributed by atoms with E-state index in [2.05, 4.69) is 34.2 Å². The lowest BCUT2D eigenvalue weighted by atomic mass is 9.92. The largest absolute Gasteiger partial charge is 0.356 e. The molecule has 0 unspecified atom stereocenters. The summed E-state index contributed by atoms with van der Waals surface area (Å²) >= 11 is 0. The molecule has 1 aromatic carbocycles. The molecule has 36 heavy (non-hydrogen) atoms. The van der Waals surface area contributed by atoms with Crippen LogP contribution < -0.4 is 5.32 Å². The minimum atomic E-state index is 0.148. The maximum atomic E-state index is 12.7. The number of benzene rings is 1. The Balaban J connectivity index is 1.22. The van der Waals surface area contributed by atoms with E-state index in [1.54, 1.807) is 0 Å². The summed E-state index contributed by atoms with van der Waals surface area (Å²) in [5.74, 6) is 0.736. The molecular weight excluding hydrogens is 446 g/mol. The Morgan fingerprint density at radius 3 is 2.06 bits per heavy atom. The van der Waals surface area contributed by atoms with E-state index in [1.165, 1.54) is 56.9 Å². The Morgan fingerprint density at radius 1 is 0.806 bits per heavy atom. The van der Waals surface area contributed by atoms with Gasteiger partial charge in [0.05, 0.1) is 0 Å². The molecule has 202 valence electrons. The molecule has 0 atom stereocenters. The first-order chi connectivity index (χ1) is 17.7. The predicted molar refractivity (Wildman–Crippen MR) is 149 cm³/mol. The number of unbranched alkanes of at least 4 members (excludes halogenated alkanes) is 8. The summed E-state index contributed by atoms with van der Waals surface area (Å²) < 4.78 is 0. The molecule has 1 aromatic rings. The lowest BCUT2D eigenvalue weighted by molar-refractivity contribution is -0.133. The van der Waals surface area contributed by atoms with Gasteiger partial charge in [0.15, 0.2) is 0 Å². The summed E-state index contributed by atoms with van der Waals surface area (Å²) in [6.07, 6.45) is 17.3. The molecule has 0 bridgehead atoms. The van der Waals surface area contributed by atoms with Crippen LogP contribution in [0.2, 0.25) is 0 Å². The molecule has 2 amide bonds. The van der Waals surface area contributed by atoms with Crippen LogP contribution in [0.25, 0.3) is 0 Å². The number of carbonyl (C=O) groups excluding carboxylic acids is 2. The second kappa shape index (κ2) is 16.8. The molecule has 2 fully saturated rings. The van der Waals surface area contributed by atoms with Gasteiger partial charge in [0.2, 0.25) is 11.8 Å². The Morgan fingerprint density at radius 2 is 1.42 bits per heavy atom. The first-order valence-electron chi connectivity index (χ1n) is 15.0. The van der Waals surface area contributed by atoms with Crippen molar-refractivity contribution in [3.63, 3.8) is 0 Å². The molecule has 0 aromatic heterocycles. The van der Waals surface area contributed by atoms with Crippen LogP contribution in [-0.2, 0) is 16.0 Å². The van der Waals surface area contributed by atoms with Gasteiger partial charge in [-0.25, -0.2) is 0 Å². The van der Waals surface area contributed by atoms with E-state index >= 15 is 0 Å². The molecule has 0 spiro atoms. The van der Waals surface area contributed by atoms with Crippen molar-refractivity contribution in [3.8, 4) is 0 Å². The fourth-order valence-corrected chi connectivity index (χ4v) is 5.87. The number of piperidine rings is 2. The van der Waals surface area contributed by atoms with Crippen LogP contribution in [0.15, 0.2) is 30.3 Å². The molecule has 2 saturated heterocycles. The van der Waals surface area contributed by atoms with Crippen LogP contribution in [-0.4, -0.2) is 60.4 Å². The molecule has 5 heteroatoms. The zero-order chi connectivity index (χ0) is 25.4. The zero-order valence-electron chi connectivity index (χ0n) is 22.9. The molecule has 2 aliphatic heterocycles. The van der Waals surface area contributed by atoms with E-state index in [-0.39, 0.29) is 11.8 Å². The van der Waals surface area contributed by atoms with E-state index in [1.807, 2.05) is 18.2 Å². The highest BCUT2D eigenvalue weighted by Gasteiger charge is 2.31. The smallest absolute Gasteiger partial charge is 0.223 e. The molecule has 5 nitrogen and oxygen atoms in total. The number of hydrogen-bond donors (Lipinski definition) is 1. The third-order valence-corrected chi connectivity index (χ3v) is 8.28. The van der Waals surface area contributed by atoms with Crippen LogP contribution in [0, 0.1) is 5.92 Å². The molecule has 3 rings (SSSR count). The number of hydrogen-bond acceptors (Lipinski definition) is 3. The molecule has 0 saturated carbocycles. The first kappa shape index (κ1) is 28.7. The highest BCUT2D eigenvalue weighted by molar-refractivity contribution is 5.78. The average molecular weight is 498 g/mol. The summed E-state index contributed by atoms with van der Waals surface area (Å²) in [5, 5.41) is 3.15. The normalized spacial score (nSPS) is 17.9. The van der Waals surface area contributed by atoms with E-state index in [9.17, 15) is 9.59 Å². The monoisotopic (exact) mass is 497 g/mol. The Bertz CT molecular complexity index is 737. The van der Waals surface area contributed by atoms with Crippen molar-refractivity contribution in [2.45, 2.75) is 109 Å². The van der Waals surface area contributed by atoms with Gasteiger partial charge in [-0.05, 0) is 57.2 Å². The predicted octanol–water partition coefficient (Wildman–Crippen LogP) is 5.97. The topological polar surface area (TPSA) is 52.7 Å². The van der Waals surface area contributed by atoms with Crippen molar-refractivity contribution in [2.24, 2.45) is 5.92 Å². The third kappa shape index (κ3) is 10.2. The van der Waals surface area contributed by atoms with E-state index in [0.29, 0.717) is 18.5 Å². The van der Waals surface area contributed by atoms with E-state index in [0.717, 1.165) is 71.1 Å². The van der Waals surface area contributed by atoms with Gasteiger partial charge < -0.3 is 15.1 Å². The van der Waals surface area contributed by atoms with Crippen molar-refractivity contribution in [2.75, 3.05) is 32.7 Å². The van der Waals surface area contributed by atoms with Gasteiger partial charge in [-0.15, -0.1) is 0 Å². The highest BCUT2D eigenvalue weighted by atomic mass is 16.2. The summed E-state index contributed by atoms with van der Waals surface area (Å²) in [6.45, 7) is 6.80. The summed E-state index contributed by atoms with van der Waals surface area (Å²) in [4.78, 5) is 29.9. The molecular formula is C31H51N3O2. The second-order valence-electron chi connectivity index (χ2n) is 11.0. The molecule has 2 heterocycles. The van der Waals surface area contributed by atoms with Crippen molar-refractivity contribution in [1.82, 2.24) is 15.1 Å². The number of rotatable bonds is 15. The second-order valence-corrected chi connectivity index (χ2v) is 11.0. The number of nitrogens with zero attached hydrogens (tertiary/aromatic N) is 2. The van der Waals surface area contributed by atoms with Crippen LogP contribution in [0.5, 0.6) is 0 Å². The van der Waals surface area contributed by atoms with Crippen molar-refractivity contribution >= 4 is 11.8 Å². The lowest BCUT2D eigenvalue weighted by Crippen LogP contribution is -2.50. The quantitative estimate of drug-likeness (QED) is 0.304. The first-order valence-corrected chi connectivity index (χ1v) is 15.0. The SMILES string of the molecule is CCCCCCCCCCCC(=O)N1CCC(N2CCC(C(=O)NCCc3ccccc3)CC2)CC1. The summed E-state index contributed by atoms with van der Waals surface area (Å²) in [6, 6.07) is 10.9. The van der Waals surface area contributed by atoms with Crippen molar-refractivity contribution in [1.29, 1.82) is 0 Å². The molecule has 0 radical (unpaired) electrons. The Labute approximate surface area is 220 Å². The summed E-state index contributed by atoms with van der Waals surface area (Å²) in [7, 11) is 0. The van der Waals surface area contributed by atoms with Gasteiger partial charge in [0.1, 0.15) is 0 Å². The Hall–Kier alpha value is -1.88. The summed E-state index contributed by atoms with van der Waals surface area (Å²) in [5.41, 5.74) is 1.27. The number of amides is 2. The minimum Gasteiger partial charge on any atom is -0.356 e. The van der Waals surface area contributed by atoms with Crippen LogP contribution in [0.4, 0.5) is 0 Å². The van der Waals surface area contributed by atoms with Gasteiger partial charge >= 0.3 is 0 Å². The van der Waals surface area contributed by atoms with Crippen LogP contribution in [0.1, 0.15) is 102 Å². The third-order valence-electron chi connectivity index (χ3n) is 8.28. The molecule has 1 N–H and O–H groups in total. The van der Waals surface area contributed by atoms with Gasteiger partial charge in [0.25, 0.3) is 0 Å². The highest BCUT2D eigenvalue weighted by Crippen LogP contribution is 2.24.